The summed E-state index contributed by atoms with van der Waals surface area (Å²) in [4.78, 5) is 4.47. The summed E-state index contributed by atoms with van der Waals surface area (Å²) >= 11 is 11.7. The number of imidazole rings is 1. The fourth-order valence-electron chi connectivity index (χ4n) is 1.93. The molecule has 7 heteroatoms. The minimum absolute atomic E-state index is 0.0697. The Kier molecular flexibility index (Phi) is 4.38. The molecular weight excluding hydrogens is 307 g/mol. The zero-order valence-corrected chi connectivity index (χ0v) is 12.8. The van der Waals surface area contributed by atoms with E-state index in [1.807, 2.05) is 10.6 Å². The van der Waals surface area contributed by atoms with Gasteiger partial charge in [-0.05, 0) is 18.2 Å². The van der Waals surface area contributed by atoms with Crippen LogP contribution in [0.15, 0.2) is 18.2 Å². The predicted octanol–water partition coefficient (Wildman–Crippen LogP) is 2.52. The molecule has 0 spiro atoms. The molecule has 0 unspecified atom stereocenters. The van der Waals surface area contributed by atoms with E-state index in [9.17, 15) is 8.42 Å². The number of halogens is 2. The second kappa shape index (κ2) is 5.69. The summed E-state index contributed by atoms with van der Waals surface area (Å²) in [6.45, 7) is 0.363. The molecule has 19 heavy (non-hydrogen) atoms. The lowest BCUT2D eigenvalue weighted by Crippen LogP contribution is -2.13. The highest BCUT2D eigenvalue weighted by atomic mass is 35.5. The van der Waals surface area contributed by atoms with Gasteiger partial charge in [0.25, 0.3) is 0 Å². The third-order valence-corrected chi connectivity index (χ3v) is 4.14. The maximum atomic E-state index is 11.3. The van der Waals surface area contributed by atoms with Gasteiger partial charge in [-0.15, -0.1) is 11.6 Å². The van der Waals surface area contributed by atoms with Crippen LogP contribution in [0, 0.1) is 0 Å². The van der Waals surface area contributed by atoms with Gasteiger partial charge in [-0.2, -0.15) is 0 Å². The van der Waals surface area contributed by atoms with Crippen LogP contribution in [-0.2, 0) is 22.8 Å². The average Bonchev–Trinajstić information content (AvgIpc) is 2.63. The van der Waals surface area contributed by atoms with Crippen LogP contribution >= 0.6 is 23.2 Å². The van der Waals surface area contributed by atoms with E-state index in [4.69, 9.17) is 23.2 Å². The molecule has 0 N–H and O–H groups in total. The van der Waals surface area contributed by atoms with E-state index in [0.717, 1.165) is 16.9 Å². The van der Waals surface area contributed by atoms with E-state index in [2.05, 4.69) is 4.98 Å². The van der Waals surface area contributed by atoms with Crippen molar-refractivity contribution >= 4 is 44.1 Å². The number of rotatable bonds is 5. The van der Waals surface area contributed by atoms with Crippen molar-refractivity contribution in [3.05, 3.63) is 29.0 Å². The molecule has 0 saturated carbocycles. The summed E-state index contributed by atoms with van der Waals surface area (Å²) in [7, 11) is -3.03. The van der Waals surface area contributed by atoms with Crippen LogP contribution in [0.5, 0.6) is 0 Å². The average molecular weight is 321 g/mol. The van der Waals surface area contributed by atoms with E-state index in [1.165, 1.54) is 6.26 Å². The first-order valence-corrected chi connectivity index (χ1v) is 8.76. The fourth-order valence-corrected chi connectivity index (χ4v) is 2.78. The van der Waals surface area contributed by atoms with Gasteiger partial charge >= 0.3 is 0 Å². The van der Waals surface area contributed by atoms with Crippen LogP contribution in [0.4, 0.5) is 0 Å². The predicted molar refractivity (Wildman–Crippen MR) is 78.9 cm³/mol. The Balaban J connectivity index is 2.47. The molecule has 0 aliphatic rings. The quantitative estimate of drug-likeness (QED) is 0.795. The van der Waals surface area contributed by atoms with Crippen molar-refractivity contribution in [2.45, 2.75) is 13.0 Å². The molecule has 0 amide bonds. The fraction of sp³-hybridized carbons (Fsp3) is 0.417. The third-order valence-electron chi connectivity index (χ3n) is 2.79. The second-order valence-electron chi connectivity index (χ2n) is 4.38. The van der Waals surface area contributed by atoms with Gasteiger partial charge in [-0.3, -0.25) is 0 Å². The molecular formula is C12H14Cl2N2O2S. The standard InChI is InChI=1S/C12H14Cl2N2O2S/c1-19(17,18)7-6-16-11-8-9(14)2-3-10(11)15-12(16)4-5-13/h2-3,8H,4-7H2,1H3. The van der Waals surface area contributed by atoms with E-state index in [0.29, 0.717) is 23.9 Å². The van der Waals surface area contributed by atoms with E-state index in [-0.39, 0.29) is 5.75 Å². The third kappa shape index (κ3) is 3.61. The number of aromatic nitrogens is 2. The van der Waals surface area contributed by atoms with Crippen LogP contribution in [0.25, 0.3) is 11.0 Å². The Morgan fingerprint density at radius 3 is 2.74 bits per heavy atom. The Morgan fingerprint density at radius 2 is 2.11 bits per heavy atom. The molecule has 0 bridgehead atoms. The second-order valence-corrected chi connectivity index (χ2v) is 7.46. The van der Waals surface area contributed by atoms with Crippen molar-refractivity contribution in [3.8, 4) is 0 Å². The van der Waals surface area contributed by atoms with Gasteiger partial charge in [0.1, 0.15) is 15.7 Å². The molecule has 2 aromatic rings. The van der Waals surface area contributed by atoms with Gasteiger partial charge in [-0.25, -0.2) is 13.4 Å². The zero-order chi connectivity index (χ0) is 14.0. The number of nitrogens with zero attached hydrogens (tertiary/aromatic N) is 2. The zero-order valence-electron chi connectivity index (χ0n) is 10.4. The molecule has 0 atom stereocenters. The van der Waals surface area contributed by atoms with Gasteiger partial charge in [0, 0.05) is 30.1 Å². The minimum Gasteiger partial charge on any atom is -0.327 e. The SMILES string of the molecule is CS(=O)(=O)CCn1c(CCCl)nc2ccc(Cl)cc21. The summed E-state index contributed by atoms with van der Waals surface area (Å²) in [5.41, 5.74) is 1.65. The number of alkyl halides is 1. The number of sulfone groups is 1. The van der Waals surface area contributed by atoms with Crippen LogP contribution in [0.1, 0.15) is 5.82 Å². The maximum absolute atomic E-state index is 11.3. The van der Waals surface area contributed by atoms with Crippen molar-refractivity contribution < 1.29 is 8.42 Å². The Labute approximate surface area is 122 Å². The van der Waals surface area contributed by atoms with Crippen molar-refractivity contribution in [1.29, 1.82) is 0 Å². The summed E-state index contributed by atoms with van der Waals surface area (Å²) < 4.78 is 24.5. The molecule has 1 aromatic carbocycles. The van der Waals surface area contributed by atoms with E-state index >= 15 is 0 Å². The smallest absolute Gasteiger partial charge is 0.149 e. The number of fused-ring (bicyclic) bond motifs is 1. The number of benzene rings is 1. The lowest BCUT2D eigenvalue weighted by atomic mass is 10.3. The van der Waals surface area contributed by atoms with Crippen molar-refractivity contribution in [2.24, 2.45) is 0 Å². The Hall–Kier alpha value is -0.780. The van der Waals surface area contributed by atoms with Crippen molar-refractivity contribution in [1.82, 2.24) is 9.55 Å². The molecule has 0 saturated heterocycles. The Bertz CT molecular complexity index is 695. The minimum atomic E-state index is -3.03. The highest BCUT2D eigenvalue weighted by Gasteiger charge is 2.12. The molecule has 0 aliphatic carbocycles. The van der Waals surface area contributed by atoms with Gasteiger partial charge in [-0.1, -0.05) is 11.6 Å². The van der Waals surface area contributed by atoms with E-state index in [1.54, 1.807) is 12.1 Å². The summed E-state index contributed by atoms with van der Waals surface area (Å²) in [5.74, 6) is 1.30. The lowest BCUT2D eigenvalue weighted by Gasteiger charge is -2.07. The molecule has 1 heterocycles. The molecule has 4 nitrogen and oxygen atoms in total. The monoisotopic (exact) mass is 320 g/mol. The molecule has 0 aliphatic heterocycles. The van der Waals surface area contributed by atoms with Crippen LogP contribution < -0.4 is 0 Å². The van der Waals surface area contributed by atoms with Gasteiger partial charge < -0.3 is 4.57 Å². The maximum Gasteiger partial charge on any atom is 0.149 e. The Morgan fingerprint density at radius 1 is 1.37 bits per heavy atom. The first-order chi connectivity index (χ1) is 8.90. The summed E-state index contributed by atoms with van der Waals surface area (Å²) in [5, 5.41) is 0.602. The summed E-state index contributed by atoms with van der Waals surface area (Å²) in [6.07, 6.45) is 1.82. The molecule has 0 radical (unpaired) electrons. The van der Waals surface area contributed by atoms with E-state index < -0.39 is 9.84 Å². The first kappa shape index (κ1) is 14.6. The first-order valence-electron chi connectivity index (χ1n) is 5.79. The topological polar surface area (TPSA) is 52.0 Å². The normalized spacial score (nSPS) is 12.2. The van der Waals surface area contributed by atoms with Crippen molar-refractivity contribution in [2.75, 3.05) is 17.9 Å². The molecule has 104 valence electrons. The largest absolute Gasteiger partial charge is 0.327 e. The molecule has 2 rings (SSSR count). The lowest BCUT2D eigenvalue weighted by molar-refractivity contribution is 0.594. The van der Waals surface area contributed by atoms with Gasteiger partial charge in [0.15, 0.2) is 0 Å². The van der Waals surface area contributed by atoms with Gasteiger partial charge in [0.05, 0.1) is 16.8 Å². The van der Waals surface area contributed by atoms with Crippen LogP contribution in [0.2, 0.25) is 5.02 Å². The highest BCUT2D eigenvalue weighted by Crippen LogP contribution is 2.21. The molecule has 0 fully saturated rings. The van der Waals surface area contributed by atoms with Crippen LogP contribution in [-0.4, -0.2) is 35.9 Å². The summed E-state index contributed by atoms with van der Waals surface area (Å²) in [6, 6.07) is 5.39. The highest BCUT2D eigenvalue weighted by molar-refractivity contribution is 7.90. The van der Waals surface area contributed by atoms with Crippen LogP contribution in [0.3, 0.4) is 0 Å². The molecule has 1 aromatic heterocycles. The number of hydrogen-bond donors (Lipinski definition) is 0. The van der Waals surface area contributed by atoms with Crippen molar-refractivity contribution in [3.63, 3.8) is 0 Å². The van der Waals surface area contributed by atoms with Gasteiger partial charge in [0.2, 0.25) is 0 Å². The number of hydrogen-bond acceptors (Lipinski definition) is 3. The number of aryl methyl sites for hydroxylation is 2.